The third-order valence-electron chi connectivity index (χ3n) is 5.46. The van der Waals surface area contributed by atoms with Crippen LogP contribution in [0.25, 0.3) is 10.9 Å². The van der Waals surface area contributed by atoms with Crippen molar-refractivity contribution in [2.45, 2.75) is 18.9 Å². The number of rotatable bonds is 6. The highest BCUT2D eigenvalue weighted by atomic mass is 79.9. The van der Waals surface area contributed by atoms with Crippen molar-refractivity contribution in [1.29, 1.82) is 0 Å². The molecule has 0 radical (unpaired) electrons. The first kappa shape index (κ1) is 20.3. The minimum absolute atomic E-state index is 0.0508. The molecule has 1 aliphatic rings. The van der Waals surface area contributed by atoms with E-state index in [9.17, 15) is 4.79 Å². The summed E-state index contributed by atoms with van der Waals surface area (Å²) in [5, 5.41) is 4.34. The molecule has 0 bridgehead atoms. The number of carbonyl (C=O) groups is 1. The Morgan fingerprint density at radius 3 is 2.79 bits per heavy atom. The number of likely N-dealkylation sites (tertiary alicyclic amines) is 1. The molecule has 4 rings (SSSR count). The van der Waals surface area contributed by atoms with Crippen LogP contribution in [0.3, 0.4) is 0 Å². The van der Waals surface area contributed by atoms with Gasteiger partial charge in [-0.2, -0.15) is 0 Å². The van der Waals surface area contributed by atoms with Gasteiger partial charge in [0.2, 0.25) is 0 Å². The van der Waals surface area contributed by atoms with Gasteiger partial charge in [0.1, 0.15) is 11.4 Å². The number of aromatic nitrogens is 1. The van der Waals surface area contributed by atoms with Crippen LogP contribution in [0.5, 0.6) is 5.75 Å². The Kier molecular flexibility index (Phi) is 6.13. The summed E-state index contributed by atoms with van der Waals surface area (Å²) in [6.45, 7) is 2.51. The molecule has 2 aromatic carbocycles. The SMILES string of the molecule is COc1ccccc1C(CNC(=O)c1[nH]c2ccc(Br)cc2c1Cl)N1CCCC1. The number of benzene rings is 2. The van der Waals surface area contributed by atoms with E-state index in [4.69, 9.17) is 16.3 Å². The molecule has 1 aromatic heterocycles. The van der Waals surface area contributed by atoms with E-state index < -0.39 is 0 Å². The lowest BCUT2D eigenvalue weighted by Gasteiger charge is -2.29. The van der Waals surface area contributed by atoms with Crippen LogP contribution in [0.15, 0.2) is 46.9 Å². The van der Waals surface area contributed by atoms with E-state index in [1.807, 2.05) is 36.4 Å². The number of H-pyrrole nitrogens is 1. The number of aromatic amines is 1. The monoisotopic (exact) mass is 475 g/mol. The summed E-state index contributed by atoms with van der Waals surface area (Å²) in [5.74, 6) is 0.633. The summed E-state index contributed by atoms with van der Waals surface area (Å²) >= 11 is 9.94. The average Bonchev–Trinajstić information content (AvgIpc) is 3.37. The number of para-hydroxylation sites is 1. The second-order valence-electron chi connectivity index (χ2n) is 7.21. The van der Waals surface area contributed by atoms with Crippen LogP contribution in [0.1, 0.15) is 34.9 Å². The van der Waals surface area contributed by atoms with E-state index in [2.05, 4.69) is 37.2 Å². The van der Waals surface area contributed by atoms with Gasteiger partial charge in [-0.1, -0.05) is 45.7 Å². The van der Waals surface area contributed by atoms with Crippen LogP contribution in [-0.2, 0) is 0 Å². The number of nitrogens with zero attached hydrogens (tertiary/aromatic N) is 1. The lowest BCUT2D eigenvalue weighted by Crippen LogP contribution is -2.37. The zero-order valence-corrected chi connectivity index (χ0v) is 18.5. The van der Waals surface area contributed by atoms with Gasteiger partial charge in [0, 0.05) is 27.5 Å². The first-order valence-electron chi connectivity index (χ1n) is 9.70. The zero-order valence-electron chi connectivity index (χ0n) is 16.2. The van der Waals surface area contributed by atoms with Gasteiger partial charge < -0.3 is 15.0 Å². The summed E-state index contributed by atoms with van der Waals surface area (Å²) in [7, 11) is 1.68. The Morgan fingerprint density at radius 2 is 2.03 bits per heavy atom. The zero-order chi connectivity index (χ0) is 20.4. The molecule has 1 saturated heterocycles. The van der Waals surface area contributed by atoms with E-state index in [0.29, 0.717) is 17.3 Å². The molecule has 7 heteroatoms. The number of methoxy groups -OCH3 is 1. The largest absolute Gasteiger partial charge is 0.496 e. The number of nitrogens with one attached hydrogen (secondary N) is 2. The van der Waals surface area contributed by atoms with Gasteiger partial charge in [0.15, 0.2) is 0 Å². The van der Waals surface area contributed by atoms with E-state index in [0.717, 1.165) is 39.8 Å². The van der Waals surface area contributed by atoms with Gasteiger partial charge in [-0.05, 0) is 50.2 Å². The highest BCUT2D eigenvalue weighted by Crippen LogP contribution is 2.32. The summed E-state index contributed by atoms with van der Waals surface area (Å²) in [6, 6.07) is 13.8. The van der Waals surface area contributed by atoms with E-state index in [1.165, 1.54) is 12.8 Å². The summed E-state index contributed by atoms with van der Waals surface area (Å²) in [5.41, 5.74) is 2.31. The Labute approximate surface area is 183 Å². The molecule has 1 fully saturated rings. The topological polar surface area (TPSA) is 57.4 Å². The van der Waals surface area contributed by atoms with Crippen molar-refractivity contribution < 1.29 is 9.53 Å². The molecular weight excluding hydrogens is 454 g/mol. The van der Waals surface area contributed by atoms with Crippen molar-refractivity contribution in [3.63, 3.8) is 0 Å². The maximum absolute atomic E-state index is 12.9. The maximum atomic E-state index is 12.9. The Morgan fingerprint density at radius 1 is 1.28 bits per heavy atom. The first-order chi connectivity index (χ1) is 14.1. The smallest absolute Gasteiger partial charge is 0.269 e. The predicted octanol–water partition coefficient (Wildman–Crippen LogP) is 5.16. The maximum Gasteiger partial charge on any atom is 0.269 e. The van der Waals surface area contributed by atoms with Crippen LogP contribution in [0, 0.1) is 0 Å². The lowest BCUT2D eigenvalue weighted by atomic mass is 10.0. The molecule has 1 atom stereocenters. The average molecular weight is 477 g/mol. The molecule has 0 saturated carbocycles. The van der Waals surface area contributed by atoms with Gasteiger partial charge in [0.05, 0.1) is 18.2 Å². The van der Waals surface area contributed by atoms with Gasteiger partial charge in [-0.3, -0.25) is 9.69 Å². The highest BCUT2D eigenvalue weighted by molar-refractivity contribution is 9.10. The lowest BCUT2D eigenvalue weighted by molar-refractivity contribution is 0.0933. The van der Waals surface area contributed by atoms with Crippen molar-refractivity contribution in [1.82, 2.24) is 15.2 Å². The van der Waals surface area contributed by atoms with Crippen molar-refractivity contribution >= 4 is 44.3 Å². The predicted molar refractivity (Wildman–Crippen MR) is 120 cm³/mol. The van der Waals surface area contributed by atoms with E-state index >= 15 is 0 Å². The van der Waals surface area contributed by atoms with E-state index in [1.54, 1.807) is 7.11 Å². The number of carbonyl (C=O) groups excluding carboxylic acids is 1. The van der Waals surface area contributed by atoms with Crippen molar-refractivity contribution in [3.8, 4) is 5.75 Å². The number of ether oxygens (including phenoxy) is 1. The number of fused-ring (bicyclic) bond motifs is 1. The molecule has 2 heterocycles. The second-order valence-corrected chi connectivity index (χ2v) is 8.51. The molecule has 152 valence electrons. The number of hydrogen-bond donors (Lipinski definition) is 2. The van der Waals surface area contributed by atoms with Gasteiger partial charge >= 0.3 is 0 Å². The normalized spacial score (nSPS) is 15.6. The molecule has 0 aliphatic carbocycles. The number of amides is 1. The fraction of sp³-hybridized carbons (Fsp3) is 0.318. The highest BCUT2D eigenvalue weighted by Gasteiger charge is 2.27. The molecule has 5 nitrogen and oxygen atoms in total. The molecule has 1 aliphatic heterocycles. The fourth-order valence-corrected chi connectivity index (χ4v) is 4.65. The molecule has 1 unspecified atom stereocenters. The van der Waals surface area contributed by atoms with Crippen LogP contribution in [-0.4, -0.2) is 42.5 Å². The second kappa shape index (κ2) is 8.78. The van der Waals surface area contributed by atoms with Crippen LogP contribution < -0.4 is 10.1 Å². The molecule has 0 spiro atoms. The first-order valence-corrected chi connectivity index (χ1v) is 10.9. The molecule has 29 heavy (non-hydrogen) atoms. The Bertz CT molecular complexity index is 1030. The van der Waals surface area contributed by atoms with Crippen LogP contribution >= 0.6 is 27.5 Å². The van der Waals surface area contributed by atoms with Crippen molar-refractivity contribution in [2.75, 3.05) is 26.7 Å². The Hall–Kier alpha value is -2.02. The van der Waals surface area contributed by atoms with Gasteiger partial charge in [0.25, 0.3) is 5.91 Å². The van der Waals surface area contributed by atoms with Crippen molar-refractivity contribution in [2.24, 2.45) is 0 Å². The summed E-state index contributed by atoms with van der Waals surface area (Å²) in [6.07, 6.45) is 2.34. The quantitative estimate of drug-likeness (QED) is 0.517. The number of hydrogen-bond acceptors (Lipinski definition) is 3. The van der Waals surface area contributed by atoms with Crippen LogP contribution in [0.2, 0.25) is 5.02 Å². The van der Waals surface area contributed by atoms with Gasteiger partial charge in [-0.15, -0.1) is 0 Å². The third-order valence-corrected chi connectivity index (χ3v) is 6.35. The third kappa shape index (κ3) is 4.15. The fourth-order valence-electron chi connectivity index (χ4n) is 4.00. The molecule has 1 amide bonds. The minimum atomic E-state index is -0.207. The Balaban J connectivity index is 1.57. The molecule has 3 aromatic rings. The molecular formula is C22H23BrClN3O2. The van der Waals surface area contributed by atoms with Crippen molar-refractivity contribution in [3.05, 3.63) is 63.2 Å². The summed E-state index contributed by atoms with van der Waals surface area (Å²) in [4.78, 5) is 18.5. The van der Waals surface area contributed by atoms with Gasteiger partial charge in [-0.25, -0.2) is 0 Å². The molecule has 2 N–H and O–H groups in total. The van der Waals surface area contributed by atoms with Crippen LogP contribution in [0.4, 0.5) is 0 Å². The number of halogens is 2. The standard InChI is InChI=1S/C22H23BrClN3O2/c1-29-19-7-3-2-6-15(19)18(27-10-4-5-11-27)13-25-22(28)21-20(24)16-12-14(23)8-9-17(16)26-21/h2-3,6-9,12,18,26H,4-5,10-11,13H2,1H3,(H,25,28). The summed E-state index contributed by atoms with van der Waals surface area (Å²) < 4.78 is 6.50. The minimum Gasteiger partial charge on any atom is -0.496 e. The van der Waals surface area contributed by atoms with E-state index in [-0.39, 0.29) is 11.9 Å².